The molecule has 2 heterocycles. The Kier molecular flexibility index (Phi) is 3.66. The summed E-state index contributed by atoms with van der Waals surface area (Å²) >= 11 is 1.26. The Morgan fingerprint density at radius 2 is 2.21 bits per heavy atom. The molecule has 0 spiro atoms. The third-order valence-corrected chi connectivity index (χ3v) is 3.50. The molecule has 0 aromatic carbocycles. The first-order chi connectivity index (χ1) is 8.99. The Bertz CT molecular complexity index is 629. The minimum Gasteiger partial charge on any atom is -0.478 e. The average molecular weight is 280 g/mol. The van der Waals surface area contributed by atoms with Crippen LogP contribution < -0.4 is 5.32 Å². The van der Waals surface area contributed by atoms with Crippen LogP contribution in [0.4, 0.5) is 0 Å². The van der Waals surface area contributed by atoms with Crippen LogP contribution in [0, 0.1) is 13.8 Å². The summed E-state index contributed by atoms with van der Waals surface area (Å²) < 4.78 is 5.27. The predicted molar refractivity (Wildman–Crippen MR) is 68.4 cm³/mol. The van der Waals surface area contributed by atoms with Gasteiger partial charge in [0.05, 0.1) is 17.7 Å². The van der Waals surface area contributed by atoms with Crippen LogP contribution in [0.5, 0.6) is 0 Å². The first-order valence-electron chi connectivity index (χ1n) is 5.50. The Balaban J connectivity index is 2.03. The Morgan fingerprint density at radius 3 is 2.74 bits per heavy atom. The molecule has 7 heteroatoms. The number of nitrogens with one attached hydrogen (secondary N) is 1. The summed E-state index contributed by atoms with van der Waals surface area (Å²) in [5, 5.41) is 11.6. The number of hydrogen-bond donors (Lipinski definition) is 2. The van der Waals surface area contributed by atoms with Crippen molar-refractivity contribution in [3.63, 3.8) is 0 Å². The third kappa shape index (κ3) is 2.82. The van der Waals surface area contributed by atoms with Crippen molar-refractivity contribution in [3.05, 3.63) is 39.2 Å². The van der Waals surface area contributed by atoms with E-state index in [1.165, 1.54) is 17.4 Å². The van der Waals surface area contributed by atoms with Gasteiger partial charge >= 0.3 is 5.97 Å². The number of furan rings is 1. The molecule has 0 bridgehead atoms. The lowest BCUT2D eigenvalue weighted by molar-refractivity contribution is 0.0694. The molecule has 0 atom stereocenters. The molecule has 0 radical (unpaired) electrons. The highest BCUT2D eigenvalue weighted by Gasteiger charge is 2.15. The molecule has 0 aliphatic heterocycles. The number of hydrogen-bond acceptors (Lipinski definition) is 5. The fourth-order valence-corrected chi connectivity index (χ4v) is 2.33. The molecule has 1 amide bonds. The van der Waals surface area contributed by atoms with Gasteiger partial charge in [-0.2, -0.15) is 0 Å². The second kappa shape index (κ2) is 5.23. The normalized spacial score (nSPS) is 10.4. The zero-order valence-corrected chi connectivity index (χ0v) is 11.2. The molecule has 0 unspecified atom stereocenters. The first kappa shape index (κ1) is 13.3. The topological polar surface area (TPSA) is 92.4 Å². The summed E-state index contributed by atoms with van der Waals surface area (Å²) in [4.78, 5) is 27.2. The maximum Gasteiger partial charge on any atom is 0.339 e. The maximum absolute atomic E-state index is 11.8. The second-order valence-corrected chi connectivity index (χ2v) is 4.79. The number of nitrogens with zero attached hydrogens (tertiary/aromatic N) is 1. The second-order valence-electron chi connectivity index (χ2n) is 3.94. The number of rotatable bonds is 4. The molecule has 2 rings (SSSR count). The Hall–Kier alpha value is -2.15. The summed E-state index contributed by atoms with van der Waals surface area (Å²) in [6.07, 6.45) is 0. The van der Waals surface area contributed by atoms with Gasteiger partial charge in [-0.05, 0) is 19.9 Å². The molecule has 0 aliphatic rings. The van der Waals surface area contributed by atoms with Gasteiger partial charge in [0.2, 0.25) is 0 Å². The molecular formula is C12H12N2O4S. The third-order valence-electron chi connectivity index (χ3n) is 2.57. The van der Waals surface area contributed by atoms with E-state index in [1.54, 1.807) is 19.4 Å². The lowest BCUT2D eigenvalue weighted by Gasteiger charge is -2.01. The van der Waals surface area contributed by atoms with Crippen LogP contribution in [0.3, 0.4) is 0 Å². The monoisotopic (exact) mass is 280 g/mol. The number of thiazole rings is 1. The summed E-state index contributed by atoms with van der Waals surface area (Å²) in [7, 11) is 0. The minimum atomic E-state index is -1.04. The lowest BCUT2D eigenvalue weighted by Crippen LogP contribution is -2.22. The lowest BCUT2D eigenvalue weighted by atomic mass is 10.2. The number of carbonyl (C=O) groups is 2. The summed E-state index contributed by atoms with van der Waals surface area (Å²) in [5.41, 5.74) is 2.38. The van der Waals surface area contributed by atoms with E-state index in [0.29, 0.717) is 22.1 Å². The number of carboxylic acid groups (broad SMARTS) is 1. The van der Waals surface area contributed by atoms with Crippen molar-refractivity contribution in [1.82, 2.24) is 10.3 Å². The summed E-state index contributed by atoms with van der Waals surface area (Å²) in [5.74, 6) is -0.556. The summed E-state index contributed by atoms with van der Waals surface area (Å²) in [6.45, 7) is 3.47. The van der Waals surface area contributed by atoms with E-state index in [-0.39, 0.29) is 18.0 Å². The molecule has 2 aromatic heterocycles. The highest BCUT2D eigenvalue weighted by atomic mass is 32.1. The zero-order valence-electron chi connectivity index (χ0n) is 10.4. The van der Waals surface area contributed by atoms with Crippen LogP contribution >= 0.6 is 11.3 Å². The molecule has 2 aromatic rings. The fourth-order valence-electron chi connectivity index (χ4n) is 1.61. The van der Waals surface area contributed by atoms with Gasteiger partial charge in [-0.1, -0.05) is 0 Å². The van der Waals surface area contributed by atoms with E-state index in [1.807, 2.05) is 0 Å². The van der Waals surface area contributed by atoms with Gasteiger partial charge in [0, 0.05) is 0 Å². The van der Waals surface area contributed by atoms with Crippen molar-refractivity contribution in [1.29, 1.82) is 0 Å². The standard InChI is InChI=1S/C12H12N2O4S/c1-6-10(19-5-14-6)11(15)13-4-8-3-9(12(16)17)7(2)18-8/h3,5H,4H2,1-2H3,(H,13,15)(H,16,17). The van der Waals surface area contributed by atoms with E-state index in [4.69, 9.17) is 9.52 Å². The van der Waals surface area contributed by atoms with Gasteiger partial charge < -0.3 is 14.8 Å². The molecule has 0 saturated heterocycles. The van der Waals surface area contributed by atoms with Gasteiger partial charge in [0.25, 0.3) is 5.91 Å². The first-order valence-corrected chi connectivity index (χ1v) is 6.38. The number of aryl methyl sites for hydroxylation is 2. The summed E-state index contributed by atoms with van der Waals surface area (Å²) in [6, 6.07) is 1.41. The molecule has 19 heavy (non-hydrogen) atoms. The van der Waals surface area contributed by atoms with E-state index in [2.05, 4.69) is 10.3 Å². The van der Waals surface area contributed by atoms with Crippen molar-refractivity contribution in [2.24, 2.45) is 0 Å². The molecular weight excluding hydrogens is 268 g/mol. The molecule has 0 aliphatic carbocycles. The molecule has 2 N–H and O–H groups in total. The maximum atomic E-state index is 11.8. The van der Waals surface area contributed by atoms with Gasteiger partial charge in [0.15, 0.2) is 0 Å². The van der Waals surface area contributed by atoms with Gasteiger partial charge in [-0.25, -0.2) is 9.78 Å². The SMILES string of the molecule is Cc1ncsc1C(=O)NCc1cc(C(=O)O)c(C)o1. The molecule has 100 valence electrons. The number of amides is 1. The number of aromatic carboxylic acids is 1. The van der Waals surface area contributed by atoms with Crippen LogP contribution in [0.1, 0.15) is 37.2 Å². The van der Waals surface area contributed by atoms with E-state index in [9.17, 15) is 9.59 Å². The average Bonchev–Trinajstić information content (AvgIpc) is 2.92. The van der Waals surface area contributed by atoms with Crippen LogP contribution in [0.15, 0.2) is 16.0 Å². The van der Waals surface area contributed by atoms with E-state index in [0.717, 1.165) is 0 Å². The van der Waals surface area contributed by atoms with E-state index >= 15 is 0 Å². The molecule has 0 saturated carbocycles. The Labute approximate surface area is 113 Å². The highest BCUT2D eigenvalue weighted by Crippen LogP contribution is 2.15. The fraction of sp³-hybridized carbons (Fsp3) is 0.250. The molecule has 0 fully saturated rings. The van der Waals surface area contributed by atoms with Crippen LogP contribution in [0.2, 0.25) is 0 Å². The minimum absolute atomic E-state index is 0.109. The van der Waals surface area contributed by atoms with Crippen LogP contribution in [0.25, 0.3) is 0 Å². The van der Waals surface area contributed by atoms with Crippen LogP contribution in [-0.4, -0.2) is 22.0 Å². The zero-order chi connectivity index (χ0) is 14.0. The number of carbonyl (C=O) groups excluding carboxylic acids is 1. The van der Waals surface area contributed by atoms with E-state index < -0.39 is 5.97 Å². The van der Waals surface area contributed by atoms with Crippen molar-refractivity contribution in [3.8, 4) is 0 Å². The largest absolute Gasteiger partial charge is 0.478 e. The molecule has 6 nitrogen and oxygen atoms in total. The number of aromatic nitrogens is 1. The van der Waals surface area contributed by atoms with Crippen LogP contribution in [-0.2, 0) is 6.54 Å². The quantitative estimate of drug-likeness (QED) is 0.893. The van der Waals surface area contributed by atoms with Gasteiger partial charge in [-0.3, -0.25) is 4.79 Å². The van der Waals surface area contributed by atoms with Gasteiger partial charge in [-0.15, -0.1) is 11.3 Å². The highest BCUT2D eigenvalue weighted by molar-refractivity contribution is 7.11. The van der Waals surface area contributed by atoms with Gasteiger partial charge in [0.1, 0.15) is 22.0 Å². The van der Waals surface area contributed by atoms with Crippen molar-refractivity contribution < 1.29 is 19.1 Å². The Morgan fingerprint density at radius 1 is 1.47 bits per heavy atom. The van der Waals surface area contributed by atoms with Crippen molar-refractivity contribution in [2.45, 2.75) is 20.4 Å². The van der Waals surface area contributed by atoms with Crippen molar-refractivity contribution in [2.75, 3.05) is 0 Å². The predicted octanol–water partition coefficient (Wildman–Crippen LogP) is 1.98. The van der Waals surface area contributed by atoms with Crippen molar-refractivity contribution >= 4 is 23.2 Å². The number of carboxylic acids is 1. The smallest absolute Gasteiger partial charge is 0.339 e.